The molecule has 1 aromatic carbocycles. The Kier molecular flexibility index (Phi) is 8.04. The second-order valence-electron chi connectivity index (χ2n) is 5.74. The van der Waals surface area contributed by atoms with Crippen molar-refractivity contribution in [3.8, 4) is 0 Å². The summed E-state index contributed by atoms with van der Waals surface area (Å²) in [7, 11) is 0. The van der Waals surface area contributed by atoms with Crippen molar-refractivity contribution in [3.63, 3.8) is 0 Å². The first kappa shape index (κ1) is 19.6. The predicted octanol–water partition coefficient (Wildman–Crippen LogP) is 3.83. The maximum atomic E-state index is 12.6. The lowest BCUT2D eigenvalue weighted by molar-refractivity contribution is -0.132. The van der Waals surface area contributed by atoms with Crippen LogP contribution < -0.4 is 5.73 Å². The zero-order chi connectivity index (χ0) is 15.4. The molecule has 1 heterocycles. The van der Waals surface area contributed by atoms with Gasteiger partial charge in [-0.3, -0.25) is 4.79 Å². The van der Waals surface area contributed by atoms with E-state index in [4.69, 9.17) is 17.3 Å². The first-order chi connectivity index (χ1) is 9.99. The Morgan fingerprint density at radius 1 is 1.41 bits per heavy atom. The van der Waals surface area contributed by atoms with Gasteiger partial charge in [0.2, 0.25) is 5.91 Å². The minimum Gasteiger partial charge on any atom is -0.341 e. The minimum absolute atomic E-state index is 0. The molecule has 0 aliphatic carbocycles. The highest BCUT2D eigenvalue weighted by Crippen LogP contribution is 2.31. The molecule has 6 heteroatoms. The Balaban J connectivity index is 0.00000242. The van der Waals surface area contributed by atoms with E-state index in [1.165, 1.54) is 11.8 Å². The van der Waals surface area contributed by atoms with Gasteiger partial charge in [-0.15, -0.1) is 24.2 Å². The fraction of sp³-hybridized carbons (Fsp3) is 0.562. The van der Waals surface area contributed by atoms with Crippen molar-refractivity contribution in [2.45, 2.75) is 42.9 Å². The third kappa shape index (κ3) is 5.05. The highest BCUT2D eigenvalue weighted by Gasteiger charge is 2.28. The van der Waals surface area contributed by atoms with Crippen molar-refractivity contribution in [1.82, 2.24) is 4.90 Å². The Bertz CT molecular complexity index is 499. The summed E-state index contributed by atoms with van der Waals surface area (Å²) in [6, 6.07) is 7.80. The quantitative estimate of drug-likeness (QED) is 0.827. The van der Waals surface area contributed by atoms with Crippen LogP contribution in [-0.4, -0.2) is 35.2 Å². The van der Waals surface area contributed by atoms with Crippen LogP contribution in [0.2, 0.25) is 5.02 Å². The lowest BCUT2D eigenvalue weighted by Crippen LogP contribution is -2.47. The molecule has 0 radical (unpaired) electrons. The molecule has 3 unspecified atom stereocenters. The summed E-state index contributed by atoms with van der Waals surface area (Å²) in [5, 5.41) is 0.575. The third-order valence-electron chi connectivity index (χ3n) is 4.00. The molecular formula is C16H24Cl2N2OS. The van der Waals surface area contributed by atoms with Gasteiger partial charge < -0.3 is 10.6 Å². The molecule has 1 fully saturated rings. The number of hydrogen-bond acceptors (Lipinski definition) is 3. The topological polar surface area (TPSA) is 46.3 Å². The molecule has 0 spiro atoms. The number of carbonyl (C=O) groups is 1. The molecule has 3 nitrogen and oxygen atoms in total. The van der Waals surface area contributed by atoms with Crippen molar-refractivity contribution >= 4 is 41.7 Å². The number of carbonyl (C=O) groups excluding carboxylic acids is 1. The van der Waals surface area contributed by atoms with Crippen LogP contribution in [0.25, 0.3) is 0 Å². The van der Waals surface area contributed by atoms with Gasteiger partial charge in [-0.05, 0) is 44.7 Å². The second kappa shape index (κ2) is 9.02. The number of nitrogens with zero attached hydrogens (tertiary/aromatic N) is 1. The summed E-state index contributed by atoms with van der Waals surface area (Å²) in [6.45, 7) is 5.60. The molecule has 22 heavy (non-hydrogen) atoms. The summed E-state index contributed by atoms with van der Waals surface area (Å²) in [5.41, 5.74) is 5.99. The molecule has 0 bridgehead atoms. The van der Waals surface area contributed by atoms with Gasteiger partial charge in [0.05, 0.1) is 10.3 Å². The largest absolute Gasteiger partial charge is 0.341 e. The first-order valence-electron chi connectivity index (χ1n) is 7.44. The zero-order valence-corrected chi connectivity index (χ0v) is 15.4. The normalized spacial score (nSPS) is 20.9. The summed E-state index contributed by atoms with van der Waals surface area (Å²) >= 11 is 7.69. The standard InChI is InChI=1S/C16H23ClN2OS.ClH/c1-11(18)13-6-5-9-19(10-13)16(20)12(2)21-15-8-4-3-7-14(15)17;/h3-4,7-8,11-13H,5-6,9-10,18H2,1-2H3;1H. The molecule has 3 atom stereocenters. The van der Waals surface area contributed by atoms with Crippen LogP contribution in [0.15, 0.2) is 29.2 Å². The molecule has 1 saturated heterocycles. The molecule has 1 aliphatic heterocycles. The van der Waals surface area contributed by atoms with E-state index in [1.807, 2.05) is 43.0 Å². The van der Waals surface area contributed by atoms with Gasteiger partial charge in [-0.1, -0.05) is 23.7 Å². The van der Waals surface area contributed by atoms with E-state index < -0.39 is 0 Å². The lowest BCUT2D eigenvalue weighted by Gasteiger charge is -2.35. The maximum absolute atomic E-state index is 12.6. The number of likely N-dealkylation sites (tertiary alicyclic amines) is 1. The number of nitrogens with two attached hydrogens (primary N) is 1. The van der Waals surface area contributed by atoms with Crippen LogP contribution in [0, 0.1) is 5.92 Å². The first-order valence-corrected chi connectivity index (χ1v) is 8.70. The number of thioether (sulfide) groups is 1. The van der Waals surface area contributed by atoms with Crippen molar-refractivity contribution in [3.05, 3.63) is 29.3 Å². The van der Waals surface area contributed by atoms with Gasteiger partial charge in [-0.25, -0.2) is 0 Å². The maximum Gasteiger partial charge on any atom is 0.235 e. The van der Waals surface area contributed by atoms with Gasteiger partial charge in [0.1, 0.15) is 0 Å². The van der Waals surface area contributed by atoms with E-state index in [1.54, 1.807) is 0 Å². The molecular weight excluding hydrogens is 339 g/mol. The molecule has 124 valence electrons. The van der Waals surface area contributed by atoms with Crippen LogP contribution in [0.4, 0.5) is 0 Å². The summed E-state index contributed by atoms with van der Waals surface area (Å²) in [4.78, 5) is 15.5. The van der Waals surface area contributed by atoms with Crippen molar-refractivity contribution in [2.75, 3.05) is 13.1 Å². The smallest absolute Gasteiger partial charge is 0.235 e. The zero-order valence-electron chi connectivity index (χ0n) is 13.0. The Morgan fingerprint density at radius 2 is 2.09 bits per heavy atom. The van der Waals surface area contributed by atoms with Crippen LogP contribution in [0.1, 0.15) is 26.7 Å². The number of piperidine rings is 1. The van der Waals surface area contributed by atoms with Crippen LogP contribution in [-0.2, 0) is 4.79 Å². The average molecular weight is 363 g/mol. The van der Waals surface area contributed by atoms with Crippen LogP contribution in [0.5, 0.6) is 0 Å². The van der Waals surface area contributed by atoms with Crippen LogP contribution >= 0.6 is 35.8 Å². The van der Waals surface area contributed by atoms with E-state index in [-0.39, 0.29) is 29.6 Å². The number of hydrogen-bond donors (Lipinski definition) is 1. The van der Waals surface area contributed by atoms with E-state index in [0.29, 0.717) is 10.9 Å². The fourth-order valence-electron chi connectivity index (χ4n) is 2.68. The Labute approximate surface area is 148 Å². The van der Waals surface area contributed by atoms with Gasteiger partial charge in [0.15, 0.2) is 0 Å². The molecule has 2 N–H and O–H groups in total. The number of rotatable bonds is 4. The summed E-state index contributed by atoms with van der Waals surface area (Å²) < 4.78 is 0. The summed E-state index contributed by atoms with van der Waals surface area (Å²) in [5.74, 6) is 0.602. The molecule has 1 aromatic rings. The highest BCUT2D eigenvalue weighted by molar-refractivity contribution is 8.00. The van der Waals surface area contributed by atoms with Gasteiger partial charge in [-0.2, -0.15) is 0 Å². The van der Waals surface area contributed by atoms with Gasteiger partial charge in [0.25, 0.3) is 0 Å². The lowest BCUT2D eigenvalue weighted by atomic mass is 9.92. The predicted molar refractivity (Wildman–Crippen MR) is 97.0 cm³/mol. The minimum atomic E-state index is -0.128. The van der Waals surface area contributed by atoms with Crippen molar-refractivity contribution in [2.24, 2.45) is 11.7 Å². The van der Waals surface area contributed by atoms with E-state index in [0.717, 1.165) is 30.8 Å². The summed E-state index contributed by atoms with van der Waals surface area (Å²) in [6.07, 6.45) is 2.16. The monoisotopic (exact) mass is 362 g/mol. The van der Waals surface area contributed by atoms with Crippen molar-refractivity contribution in [1.29, 1.82) is 0 Å². The van der Waals surface area contributed by atoms with Crippen molar-refractivity contribution < 1.29 is 4.79 Å². The molecule has 1 amide bonds. The van der Waals surface area contributed by atoms with Gasteiger partial charge in [0, 0.05) is 24.0 Å². The third-order valence-corrected chi connectivity index (χ3v) is 5.61. The number of amides is 1. The SMILES string of the molecule is CC(Sc1ccccc1Cl)C(=O)N1CCCC(C(C)N)C1.Cl. The van der Waals surface area contributed by atoms with E-state index in [9.17, 15) is 4.79 Å². The second-order valence-corrected chi connectivity index (χ2v) is 7.53. The number of halogens is 2. The molecule has 0 aromatic heterocycles. The molecule has 1 aliphatic rings. The van der Waals surface area contributed by atoms with Gasteiger partial charge >= 0.3 is 0 Å². The molecule has 2 rings (SSSR count). The highest BCUT2D eigenvalue weighted by atomic mass is 35.5. The Hall–Kier alpha value is -0.420. The average Bonchev–Trinajstić information content (AvgIpc) is 2.49. The fourth-order valence-corrected chi connectivity index (χ4v) is 3.92. The van der Waals surface area contributed by atoms with E-state index in [2.05, 4.69) is 0 Å². The number of benzene rings is 1. The van der Waals surface area contributed by atoms with E-state index >= 15 is 0 Å². The van der Waals surface area contributed by atoms with Crippen LogP contribution in [0.3, 0.4) is 0 Å². The Morgan fingerprint density at radius 3 is 2.73 bits per heavy atom. The molecule has 0 saturated carbocycles.